The summed E-state index contributed by atoms with van der Waals surface area (Å²) in [5.74, 6) is 2.81. The lowest BCUT2D eigenvalue weighted by molar-refractivity contribution is 0.379. The first kappa shape index (κ1) is 20.6. The Bertz CT molecular complexity index is 1050. The molecule has 1 aliphatic rings. The lowest BCUT2D eigenvalue weighted by Gasteiger charge is -2.25. The number of hydrogen-bond donors (Lipinski definition) is 4. The number of nitrogen functional groups attached to an aromatic ring is 1. The maximum absolute atomic E-state index is 8.75. The number of piperidine rings is 1. The molecule has 160 valence electrons. The molecule has 0 saturated carbocycles. The smallest absolute Gasteiger partial charge is 0.169 e. The van der Waals surface area contributed by atoms with E-state index in [-0.39, 0.29) is 11.5 Å². The maximum atomic E-state index is 8.75. The van der Waals surface area contributed by atoms with E-state index in [2.05, 4.69) is 20.6 Å². The SMILES string of the molecule is COc1ccccc1Oc1ccc(C(=N)c2c(N)ncnc2NC2CCNCC2)cc1. The Morgan fingerprint density at radius 1 is 1.06 bits per heavy atom. The molecule has 0 unspecified atom stereocenters. The van der Waals surface area contributed by atoms with E-state index in [9.17, 15) is 0 Å². The molecule has 5 N–H and O–H groups in total. The van der Waals surface area contributed by atoms with Crippen molar-refractivity contribution >= 4 is 17.3 Å². The van der Waals surface area contributed by atoms with Crippen LogP contribution >= 0.6 is 0 Å². The number of benzene rings is 2. The minimum atomic E-state index is 0.262. The third kappa shape index (κ3) is 4.75. The quantitative estimate of drug-likeness (QED) is 0.434. The molecule has 8 heteroatoms. The summed E-state index contributed by atoms with van der Waals surface area (Å²) in [6.07, 6.45) is 3.41. The summed E-state index contributed by atoms with van der Waals surface area (Å²) in [5, 5.41) is 15.5. The molecule has 0 amide bonds. The second-order valence-corrected chi connectivity index (χ2v) is 7.30. The van der Waals surface area contributed by atoms with Crippen LogP contribution in [0.2, 0.25) is 0 Å². The van der Waals surface area contributed by atoms with E-state index < -0.39 is 0 Å². The molecule has 1 aromatic heterocycles. The first-order valence-electron chi connectivity index (χ1n) is 10.2. The van der Waals surface area contributed by atoms with E-state index in [1.54, 1.807) is 7.11 Å². The Morgan fingerprint density at radius 2 is 1.77 bits per heavy atom. The number of ether oxygens (including phenoxy) is 2. The van der Waals surface area contributed by atoms with Gasteiger partial charge in [-0.1, -0.05) is 12.1 Å². The Labute approximate surface area is 181 Å². The molecule has 8 nitrogen and oxygen atoms in total. The summed E-state index contributed by atoms with van der Waals surface area (Å²) in [6, 6.07) is 15.0. The molecule has 1 saturated heterocycles. The fourth-order valence-electron chi connectivity index (χ4n) is 3.58. The van der Waals surface area contributed by atoms with Crippen LogP contribution in [0, 0.1) is 5.41 Å². The molecule has 0 atom stereocenters. The lowest BCUT2D eigenvalue weighted by Crippen LogP contribution is -2.36. The second kappa shape index (κ2) is 9.44. The number of aromatic nitrogens is 2. The largest absolute Gasteiger partial charge is 0.493 e. The van der Waals surface area contributed by atoms with E-state index in [0.717, 1.165) is 25.9 Å². The first-order chi connectivity index (χ1) is 15.2. The van der Waals surface area contributed by atoms with Gasteiger partial charge >= 0.3 is 0 Å². The van der Waals surface area contributed by atoms with Gasteiger partial charge in [-0.15, -0.1) is 0 Å². The Balaban J connectivity index is 1.54. The molecule has 1 aliphatic heterocycles. The number of methoxy groups -OCH3 is 1. The standard InChI is InChI=1S/C23H26N6O2/c1-30-18-4-2-3-5-19(18)31-17-8-6-15(7-9-17)21(24)20-22(25)27-14-28-23(20)29-16-10-12-26-13-11-16/h2-9,14,16,24,26H,10-13H2,1H3,(H3,25,27,28,29). The molecule has 0 spiro atoms. The Morgan fingerprint density at radius 3 is 2.48 bits per heavy atom. The molecule has 0 aliphatic carbocycles. The van der Waals surface area contributed by atoms with E-state index >= 15 is 0 Å². The second-order valence-electron chi connectivity index (χ2n) is 7.30. The highest BCUT2D eigenvalue weighted by Gasteiger charge is 2.20. The summed E-state index contributed by atoms with van der Waals surface area (Å²) in [6.45, 7) is 1.91. The summed E-state index contributed by atoms with van der Waals surface area (Å²) >= 11 is 0. The van der Waals surface area contributed by atoms with Crippen LogP contribution in [0.15, 0.2) is 54.9 Å². The van der Waals surface area contributed by atoms with Gasteiger partial charge in [0.1, 0.15) is 23.7 Å². The fraction of sp³-hybridized carbons (Fsp3) is 0.261. The summed E-state index contributed by atoms with van der Waals surface area (Å²) in [5.41, 5.74) is 7.62. The van der Waals surface area contributed by atoms with Crippen molar-refractivity contribution in [3.63, 3.8) is 0 Å². The van der Waals surface area contributed by atoms with Crippen molar-refractivity contribution in [3.05, 3.63) is 66.0 Å². The minimum Gasteiger partial charge on any atom is -0.493 e. The summed E-state index contributed by atoms with van der Waals surface area (Å²) in [7, 11) is 1.61. The van der Waals surface area contributed by atoms with Gasteiger partial charge in [0, 0.05) is 11.6 Å². The zero-order valence-corrected chi connectivity index (χ0v) is 17.4. The van der Waals surface area contributed by atoms with Crippen molar-refractivity contribution in [2.45, 2.75) is 18.9 Å². The van der Waals surface area contributed by atoms with Crippen molar-refractivity contribution in [2.24, 2.45) is 0 Å². The van der Waals surface area contributed by atoms with Gasteiger partial charge in [-0.2, -0.15) is 0 Å². The monoisotopic (exact) mass is 418 g/mol. The van der Waals surface area contributed by atoms with Crippen molar-refractivity contribution < 1.29 is 9.47 Å². The third-order valence-corrected chi connectivity index (χ3v) is 5.25. The van der Waals surface area contributed by atoms with Crippen LogP contribution in [0.1, 0.15) is 24.0 Å². The molecule has 3 aromatic rings. The van der Waals surface area contributed by atoms with Gasteiger partial charge in [0.2, 0.25) is 0 Å². The molecule has 2 aromatic carbocycles. The van der Waals surface area contributed by atoms with Gasteiger partial charge < -0.3 is 25.8 Å². The van der Waals surface area contributed by atoms with Gasteiger partial charge in [-0.05, 0) is 62.3 Å². The van der Waals surface area contributed by atoms with Gasteiger partial charge in [0.05, 0.1) is 18.4 Å². The number of para-hydroxylation sites is 2. The van der Waals surface area contributed by atoms with Crippen LogP contribution in [-0.2, 0) is 0 Å². The molecular weight excluding hydrogens is 392 g/mol. The predicted octanol–water partition coefficient (Wildman–Crippen LogP) is 3.44. The van der Waals surface area contributed by atoms with E-state index in [0.29, 0.717) is 40.2 Å². The van der Waals surface area contributed by atoms with E-state index in [1.807, 2.05) is 48.5 Å². The first-order valence-corrected chi connectivity index (χ1v) is 10.2. The van der Waals surface area contributed by atoms with Crippen LogP contribution in [0.25, 0.3) is 0 Å². The fourth-order valence-corrected chi connectivity index (χ4v) is 3.58. The molecule has 0 bridgehead atoms. The van der Waals surface area contributed by atoms with Crippen molar-refractivity contribution in [2.75, 3.05) is 31.2 Å². The Hall–Kier alpha value is -3.65. The zero-order chi connectivity index (χ0) is 21.6. The number of nitrogens with zero attached hydrogens (tertiary/aromatic N) is 2. The predicted molar refractivity (Wildman–Crippen MR) is 121 cm³/mol. The van der Waals surface area contributed by atoms with E-state index in [1.165, 1.54) is 6.33 Å². The lowest BCUT2D eigenvalue weighted by atomic mass is 10.0. The van der Waals surface area contributed by atoms with Gasteiger partial charge in [0.25, 0.3) is 0 Å². The molecule has 4 rings (SSSR count). The van der Waals surface area contributed by atoms with Gasteiger partial charge in [-0.25, -0.2) is 9.97 Å². The summed E-state index contributed by atoms with van der Waals surface area (Å²) in [4.78, 5) is 8.48. The molecular formula is C23H26N6O2. The van der Waals surface area contributed by atoms with E-state index in [4.69, 9.17) is 20.6 Å². The van der Waals surface area contributed by atoms with Gasteiger partial charge in [0.15, 0.2) is 11.5 Å². The number of hydrogen-bond acceptors (Lipinski definition) is 8. The van der Waals surface area contributed by atoms with Crippen molar-refractivity contribution in [3.8, 4) is 17.2 Å². The van der Waals surface area contributed by atoms with Crippen LogP contribution in [0.5, 0.6) is 17.2 Å². The minimum absolute atomic E-state index is 0.262. The topological polar surface area (TPSA) is 118 Å². The maximum Gasteiger partial charge on any atom is 0.169 e. The van der Waals surface area contributed by atoms with Gasteiger partial charge in [-0.3, -0.25) is 5.41 Å². The van der Waals surface area contributed by atoms with Crippen molar-refractivity contribution in [1.29, 1.82) is 5.41 Å². The number of anilines is 2. The molecule has 2 heterocycles. The third-order valence-electron chi connectivity index (χ3n) is 5.25. The van der Waals surface area contributed by atoms with Crippen LogP contribution in [0.4, 0.5) is 11.6 Å². The molecule has 1 fully saturated rings. The Kier molecular flexibility index (Phi) is 6.28. The number of nitrogens with two attached hydrogens (primary N) is 1. The summed E-state index contributed by atoms with van der Waals surface area (Å²) < 4.78 is 11.3. The highest BCUT2D eigenvalue weighted by atomic mass is 16.5. The average Bonchev–Trinajstić information content (AvgIpc) is 2.80. The van der Waals surface area contributed by atoms with Crippen molar-refractivity contribution in [1.82, 2.24) is 15.3 Å². The normalized spacial score (nSPS) is 14.1. The van der Waals surface area contributed by atoms with Crippen LogP contribution < -0.4 is 25.8 Å². The highest BCUT2D eigenvalue weighted by Crippen LogP contribution is 2.31. The number of rotatable bonds is 7. The zero-order valence-electron chi connectivity index (χ0n) is 17.4. The van der Waals surface area contributed by atoms with Crippen LogP contribution in [0.3, 0.4) is 0 Å². The molecule has 31 heavy (non-hydrogen) atoms. The average molecular weight is 419 g/mol. The number of nitrogens with one attached hydrogen (secondary N) is 3. The molecule has 0 radical (unpaired) electrons. The van der Waals surface area contributed by atoms with Crippen LogP contribution in [-0.4, -0.2) is 41.9 Å². The highest BCUT2D eigenvalue weighted by molar-refractivity contribution is 6.16.